The maximum atomic E-state index is 11.4. The monoisotopic (exact) mass is 617 g/mol. The molecule has 8 heteroatoms. The summed E-state index contributed by atoms with van der Waals surface area (Å²) in [5.41, 5.74) is 5.39. The van der Waals surface area contributed by atoms with E-state index in [9.17, 15) is 10.1 Å². The molecule has 1 unspecified atom stereocenters. The van der Waals surface area contributed by atoms with Crippen LogP contribution in [0.25, 0.3) is 11.1 Å². The Hall–Kier alpha value is -3.83. The lowest BCUT2D eigenvalue weighted by Crippen LogP contribution is -2.41. The highest BCUT2D eigenvalue weighted by Gasteiger charge is 2.15. The average molecular weight is 619 g/mol. The Balaban J connectivity index is 1.56. The minimum atomic E-state index is -0.249. The summed E-state index contributed by atoms with van der Waals surface area (Å²) in [4.78, 5) is 11.4. The van der Waals surface area contributed by atoms with E-state index in [1.807, 2.05) is 49.4 Å². The second-order valence-electron chi connectivity index (χ2n) is 9.23. The molecule has 2 N–H and O–H groups in total. The Morgan fingerprint density at radius 2 is 1.70 bits per heavy atom. The van der Waals surface area contributed by atoms with Crippen LogP contribution < -0.4 is 20.1 Å². The first-order valence-electron chi connectivity index (χ1n) is 12.7. The third kappa shape index (κ3) is 7.86. The highest BCUT2D eigenvalue weighted by molar-refractivity contribution is 9.10. The predicted molar refractivity (Wildman–Crippen MR) is 161 cm³/mol. The van der Waals surface area contributed by atoms with E-state index in [0.29, 0.717) is 35.2 Å². The number of carbonyl (C=O) groups excluding carboxylic acids is 1. The van der Waals surface area contributed by atoms with Gasteiger partial charge in [-0.1, -0.05) is 72.3 Å². The Bertz CT molecular complexity index is 1520. The molecule has 1 amide bonds. The van der Waals surface area contributed by atoms with Gasteiger partial charge in [0.15, 0.2) is 0 Å². The molecule has 4 aromatic rings. The molecular weight excluding hydrogens is 590 g/mol. The quantitative estimate of drug-likeness (QED) is 0.172. The summed E-state index contributed by atoms with van der Waals surface area (Å²) < 4.78 is 13.4. The molecule has 0 aliphatic carbocycles. The summed E-state index contributed by atoms with van der Waals surface area (Å²) >= 11 is 10.4. The zero-order valence-electron chi connectivity index (χ0n) is 22.2. The molecule has 0 aliphatic heterocycles. The highest BCUT2D eigenvalue weighted by Crippen LogP contribution is 2.36. The molecule has 40 heavy (non-hydrogen) atoms. The zero-order chi connectivity index (χ0) is 28.5. The molecule has 0 radical (unpaired) electrons. The number of halogens is 2. The second kappa shape index (κ2) is 14.0. The number of nitrogens with one attached hydrogen (secondary N) is 2. The molecule has 4 rings (SSSR count). The van der Waals surface area contributed by atoms with Gasteiger partial charge >= 0.3 is 0 Å². The van der Waals surface area contributed by atoms with Crippen LogP contribution in [0.1, 0.15) is 36.1 Å². The molecule has 0 saturated carbocycles. The molecular formula is C32H29BrClN3O3. The van der Waals surface area contributed by atoms with E-state index in [1.165, 1.54) is 6.92 Å². The van der Waals surface area contributed by atoms with Crippen molar-refractivity contribution >= 4 is 33.4 Å². The SMILES string of the molecule is CC(=O)NC(C)NCc1cc(Cl)c(OCc2cccc(-c3ccccc3)c2Br)cc1OCc1cccc(C#N)c1. The Morgan fingerprint density at radius 3 is 2.45 bits per heavy atom. The number of hydrogen-bond donors (Lipinski definition) is 2. The van der Waals surface area contributed by atoms with Crippen molar-refractivity contribution in [3.8, 4) is 28.7 Å². The van der Waals surface area contributed by atoms with Gasteiger partial charge in [0.1, 0.15) is 24.7 Å². The van der Waals surface area contributed by atoms with Crippen LogP contribution in [0, 0.1) is 11.3 Å². The number of carbonyl (C=O) groups is 1. The Kier molecular flexibility index (Phi) is 10.2. The molecule has 1 atom stereocenters. The lowest BCUT2D eigenvalue weighted by Gasteiger charge is -2.19. The molecule has 204 valence electrons. The lowest BCUT2D eigenvalue weighted by molar-refractivity contribution is -0.119. The van der Waals surface area contributed by atoms with Gasteiger partial charge < -0.3 is 14.8 Å². The number of rotatable bonds is 11. The minimum Gasteiger partial charge on any atom is -0.488 e. The van der Waals surface area contributed by atoms with Crippen LogP contribution in [0.2, 0.25) is 5.02 Å². The fourth-order valence-corrected chi connectivity index (χ4v) is 5.01. The first-order chi connectivity index (χ1) is 19.3. The van der Waals surface area contributed by atoms with E-state index in [1.54, 1.807) is 24.3 Å². The van der Waals surface area contributed by atoms with Crippen molar-refractivity contribution in [2.45, 2.75) is 39.8 Å². The molecule has 0 saturated heterocycles. The van der Waals surface area contributed by atoms with Crippen molar-refractivity contribution in [2.24, 2.45) is 0 Å². The van der Waals surface area contributed by atoms with Crippen LogP contribution in [0.4, 0.5) is 0 Å². The number of benzene rings is 4. The standard InChI is InChI=1S/C32H29BrClN3O3/c1-21(37-22(2)38)36-18-27-15-29(34)31(16-30(27)39-19-24-9-6-8-23(14-24)17-35)40-20-26-12-7-13-28(32(26)33)25-10-4-3-5-11-25/h3-16,21,36H,18-20H2,1-2H3,(H,37,38). The van der Waals surface area contributed by atoms with Gasteiger partial charge in [0, 0.05) is 35.1 Å². The number of ether oxygens (including phenoxy) is 2. The maximum Gasteiger partial charge on any atom is 0.218 e. The van der Waals surface area contributed by atoms with Gasteiger partial charge in [-0.2, -0.15) is 5.26 Å². The van der Waals surface area contributed by atoms with Crippen molar-refractivity contribution in [3.05, 3.63) is 117 Å². The van der Waals surface area contributed by atoms with Crippen LogP contribution in [0.5, 0.6) is 11.5 Å². The Labute approximate surface area is 248 Å². The minimum absolute atomic E-state index is 0.127. The van der Waals surface area contributed by atoms with Gasteiger partial charge in [0.25, 0.3) is 0 Å². The number of nitrogens with zero attached hydrogens (tertiary/aromatic N) is 1. The molecule has 0 heterocycles. The third-order valence-electron chi connectivity index (χ3n) is 6.13. The van der Waals surface area contributed by atoms with E-state index in [2.05, 4.69) is 50.8 Å². The lowest BCUT2D eigenvalue weighted by atomic mass is 10.0. The number of amides is 1. The number of nitriles is 1. The van der Waals surface area contributed by atoms with Gasteiger partial charge in [0.2, 0.25) is 5.91 Å². The van der Waals surface area contributed by atoms with E-state index >= 15 is 0 Å². The summed E-state index contributed by atoms with van der Waals surface area (Å²) in [5.74, 6) is 0.942. The average Bonchev–Trinajstić information content (AvgIpc) is 2.95. The van der Waals surface area contributed by atoms with Crippen LogP contribution in [0.3, 0.4) is 0 Å². The fourth-order valence-electron chi connectivity index (χ4n) is 4.16. The van der Waals surface area contributed by atoms with Crippen molar-refractivity contribution < 1.29 is 14.3 Å². The maximum absolute atomic E-state index is 11.4. The first kappa shape index (κ1) is 29.2. The van der Waals surface area contributed by atoms with E-state index in [4.69, 9.17) is 21.1 Å². The van der Waals surface area contributed by atoms with E-state index < -0.39 is 0 Å². The van der Waals surface area contributed by atoms with E-state index in [-0.39, 0.29) is 18.7 Å². The molecule has 0 aliphatic rings. The predicted octanol–water partition coefficient (Wildman–Crippen LogP) is 7.37. The molecule has 0 aromatic heterocycles. The third-order valence-corrected chi connectivity index (χ3v) is 7.36. The first-order valence-corrected chi connectivity index (χ1v) is 13.9. The van der Waals surface area contributed by atoms with Gasteiger partial charge in [-0.3, -0.25) is 10.1 Å². The second-order valence-corrected chi connectivity index (χ2v) is 10.4. The van der Waals surface area contributed by atoms with Crippen molar-refractivity contribution in [1.29, 1.82) is 5.26 Å². The molecule has 0 fully saturated rings. The molecule has 6 nitrogen and oxygen atoms in total. The Morgan fingerprint density at radius 1 is 0.950 bits per heavy atom. The van der Waals surface area contributed by atoms with Crippen LogP contribution in [-0.4, -0.2) is 12.1 Å². The number of hydrogen-bond acceptors (Lipinski definition) is 5. The summed E-state index contributed by atoms with van der Waals surface area (Å²) in [7, 11) is 0. The molecule has 4 aromatic carbocycles. The van der Waals surface area contributed by atoms with Crippen LogP contribution in [0.15, 0.2) is 89.4 Å². The van der Waals surface area contributed by atoms with Crippen molar-refractivity contribution in [2.75, 3.05) is 0 Å². The smallest absolute Gasteiger partial charge is 0.218 e. The van der Waals surface area contributed by atoms with E-state index in [0.717, 1.165) is 32.3 Å². The summed E-state index contributed by atoms with van der Waals surface area (Å²) in [6, 6.07) is 29.2. The molecule has 0 spiro atoms. The van der Waals surface area contributed by atoms with Crippen LogP contribution >= 0.6 is 27.5 Å². The van der Waals surface area contributed by atoms with Gasteiger partial charge in [-0.05, 0) is 57.7 Å². The molecule has 0 bridgehead atoms. The van der Waals surface area contributed by atoms with Crippen molar-refractivity contribution in [1.82, 2.24) is 10.6 Å². The topological polar surface area (TPSA) is 83.4 Å². The zero-order valence-corrected chi connectivity index (χ0v) is 24.6. The van der Waals surface area contributed by atoms with Gasteiger partial charge in [-0.15, -0.1) is 0 Å². The normalized spacial score (nSPS) is 11.4. The largest absolute Gasteiger partial charge is 0.488 e. The summed E-state index contributed by atoms with van der Waals surface area (Å²) in [5, 5.41) is 15.7. The highest BCUT2D eigenvalue weighted by atomic mass is 79.9. The summed E-state index contributed by atoms with van der Waals surface area (Å²) in [6.07, 6.45) is -0.249. The van der Waals surface area contributed by atoms with Gasteiger partial charge in [-0.25, -0.2) is 0 Å². The van der Waals surface area contributed by atoms with Crippen LogP contribution in [-0.2, 0) is 24.6 Å². The van der Waals surface area contributed by atoms with Gasteiger partial charge in [0.05, 0.1) is 22.8 Å². The summed E-state index contributed by atoms with van der Waals surface area (Å²) in [6.45, 7) is 4.28. The van der Waals surface area contributed by atoms with Crippen molar-refractivity contribution in [3.63, 3.8) is 0 Å². The fraction of sp³-hybridized carbons (Fsp3) is 0.188.